The maximum absolute atomic E-state index is 12.5. The number of ether oxygens (including phenoxy) is 2. The number of carbonyl (C=O) groups excluding carboxylic acids is 1. The third kappa shape index (κ3) is 6.00. The number of hydrogen-bond donors (Lipinski definition) is 1. The van der Waals surface area contributed by atoms with E-state index in [9.17, 15) is 10.1 Å². The van der Waals surface area contributed by atoms with Crippen LogP contribution in [0.3, 0.4) is 0 Å². The number of nitrogens with zero attached hydrogens (tertiary/aromatic N) is 1. The summed E-state index contributed by atoms with van der Waals surface area (Å²) in [5, 5.41) is 12.5. The Morgan fingerprint density at radius 1 is 1.28 bits per heavy atom. The second-order valence-electron chi connectivity index (χ2n) is 6.55. The minimum absolute atomic E-state index is 0.0256. The molecule has 0 spiro atoms. The minimum Gasteiger partial charge on any atom is -0.493 e. The minimum atomic E-state index is -0.494. The fourth-order valence-electron chi connectivity index (χ4n) is 2.56. The van der Waals surface area contributed by atoms with Crippen LogP contribution in [0.25, 0.3) is 6.08 Å². The first-order valence-corrected chi connectivity index (χ1v) is 9.85. The van der Waals surface area contributed by atoms with Gasteiger partial charge >= 0.3 is 0 Å². The first-order valence-electron chi connectivity index (χ1n) is 9.48. The predicted molar refractivity (Wildman–Crippen MR) is 116 cm³/mol. The van der Waals surface area contributed by atoms with Crippen molar-refractivity contribution >= 4 is 29.3 Å². The van der Waals surface area contributed by atoms with Crippen molar-refractivity contribution in [3.05, 3.63) is 58.1 Å². The maximum Gasteiger partial charge on any atom is 0.266 e. The highest BCUT2D eigenvalue weighted by molar-refractivity contribution is 6.32. The second kappa shape index (κ2) is 10.5. The average molecular weight is 413 g/mol. The lowest BCUT2D eigenvalue weighted by Crippen LogP contribution is -2.13. The molecule has 2 rings (SSSR count). The molecular weight excluding hydrogens is 388 g/mol. The molecule has 152 valence electrons. The number of aryl methyl sites for hydroxylation is 1. The zero-order valence-electron chi connectivity index (χ0n) is 17.1. The molecule has 0 saturated heterocycles. The molecule has 0 aromatic heterocycles. The van der Waals surface area contributed by atoms with Crippen molar-refractivity contribution in [2.45, 2.75) is 39.7 Å². The Hall–Kier alpha value is -2.97. The van der Waals surface area contributed by atoms with Gasteiger partial charge in [0, 0.05) is 5.69 Å². The van der Waals surface area contributed by atoms with Crippen LogP contribution in [0, 0.1) is 11.3 Å². The van der Waals surface area contributed by atoms with Crippen LogP contribution < -0.4 is 14.8 Å². The third-order valence-corrected chi connectivity index (χ3v) is 4.72. The van der Waals surface area contributed by atoms with E-state index in [0.717, 1.165) is 12.8 Å². The average Bonchev–Trinajstić information content (AvgIpc) is 2.73. The number of nitrogens with one attached hydrogen (secondary N) is 1. The van der Waals surface area contributed by atoms with E-state index in [1.165, 1.54) is 18.7 Å². The zero-order valence-corrected chi connectivity index (χ0v) is 17.8. The topological polar surface area (TPSA) is 71.4 Å². The van der Waals surface area contributed by atoms with Crippen molar-refractivity contribution in [1.29, 1.82) is 5.26 Å². The van der Waals surface area contributed by atoms with Crippen molar-refractivity contribution in [3.63, 3.8) is 0 Å². The first kappa shape index (κ1) is 22.3. The van der Waals surface area contributed by atoms with Gasteiger partial charge in [0.25, 0.3) is 5.91 Å². The van der Waals surface area contributed by atoms with Crippen LogP contribution in [0.15, 0.2) is 42.0 Å². The quantitative estimate of drug-likeness (QED) is 0.450. The SMILES string of the molecule is CCc1ccc(NC(=O)/C(C#N)=C\c2cc(Cl)c(O[C@@H](C)CC)c(OC)c2)cc1. The summed E-state index contributed by atoms with van der Waals surface area (Å²) in [4.78, 5) is 12.5. The van der Waals surface area contributed by atoms with Gasteiger partial charge in [0.05, 0.1) is 18.2 Å². The number of amides is 1. The number of nitriles is 1. The molecule has 6 heteroatoms. The number of methoxy groups -OCH3 is 1. The molecule has 1 atom stereocenters. The van der Waals surface area contributed by atoms with Crippen LogP contribution in [0.4, 0.5) is 5.69 Å². The molecule has 0 aliphatic heterocycles. The van der Waals surface area contributed by atoms with Crippen molar-refractivity contribution < 1.29 is 14.3 Å². The number of anilines is 1. The van der Waals surface area contributed by atoms with Crippen molar-refractivity contribution in [2.24, 2.45) is 0 Å². The van der Waals surface area contributed by atoms with E-state index < -0.39 is 5.91 Å². The molecule has 0 radical (unpaired) electrons. The lowest BCUT2D eigenvalue weighted by molar-refractivity contribution is -0.112. The molecule has 29 heavy (non-hydrogen) atoms. The summed E-state index contributed by atoms with van der Waals surface area (Å²) in [5.41, 5.74) is 2.32. The van der Waals surface area contributed by atoms with E-state index in [0.29, 0.717) is 27.8 Å². The van der Waals surface area contributed by atoms with Gasteiger partial charge in [-0.3, -0.25) is 4.79 Å². The van der Waals surface area contributed by atoms with Crippen molar-refractivity contribution in [1.82, 2.24) is 0 Å². The predicted octanol–water partition coefficient (Wildman–Crippen LogP) is 5.63. The van der Waals surface area contributed by atoms with Gasteiger partial charge in [-0.25, -0.2) is 0 Å². The van der Waals surface area contributed by atoms with Gasteiger partial charge in [-0.15, -0.1) is 0 Å². The first-order chi connectivity index (χ1) is 13.9. The molecule has 0 saturated carbocycles. The Morgan fingerprint density at radius 3 is 2.52 bits per heavy atom. The molecule has 0 aliphatic rings. The fraction of sp³-hybridized carbons (Fsp3) is 0.304. The van der Waals surface area contributed by atoms with E-state index in [4.69, 9.17) is 21.1 Å². The number of benzene rings is 2. The Bertz CT molecular complexity index is 930. The monoisotopic (exact) mass is 412 g/mol. The van der Waals surface area contributed by atoms with Gasteiger partial charge < -0.3 is 14.8 Å². The molecule has 0 aliphatic carbocycles. The Balaban J connectivity index is 2.28. The Morgan fingerprint density at radius 2 is 1.97 bits per heavy atom. The van der Waals surface area contributed by atoms with E-state index in [1.807, 2.05) is 44.2 Å². The van der Waals surface area contributed by atoms with Gasteiger partial charge in [0.1, 0.15) is 11.6 Å². The summed E-state index contributed by atoms with van der Waals surface area (Å²) >= 11 is 6.36. The summed E-state index contributed by atoms with van der Waals surface area (Å²) in [6, 6.07) is 12.8. The zero-order chi connectivity index (χ0) is 21.4. The number of carbonyl (C=O) groups is 1. The standard InChI is InChI=1S/C23H25ClN2O3/c1-5-15(3)29-22-20(24)12-17(13-21(22)28-4)11-18(14-25)23(27)26-19-9-7-16(6-2)8-10-19/h7-13,15H,5-6H2,1-4H3,(H,26,27)/b18-11-/t15-/m0/s1. The van der Waals surface area contributed by atoms with E-state index in [1.54, 1.807) is 12.1 Å². The second-order valence-corrected chi connectivity index (χ2v) is 6.95. The molecule has 1 amide bonds. The molecule has 5 nitrogen and oxygen atoms in total. The molecule has 2 aromatic rings. The van der Waals surface area contributed by atoms with Gasteiger partial charge in [0.15, 0.2) is 11.5 Å². The molecule has 1 N–H and O–H groups in total. The van der Waals surface area contributed by atoms with Gasteiger partial charge in [0.2, 0.25) is 0 Å². The van der Waals surface area contributed by atoms with Crippen LogP contribution in [-0.4, -0.2) is 19.1 Å². The highest BCUT2D eigenvalue weighted by Gasteiger charge is 2.16. The lowest BCUT2D eigenvalue weighted by Gasteiger charge is -2.17. The van der Waals surface area contributed by atoms with E-state index >= 15 is 0 Å². The highest BCUT2D eigenvalue weighted by Crippen LogP contribution is 2.38. The largest absolute Gasteiger partial charge is 0.493 e. The maximum atomic E-state index is 12.5. The smallest absolute Gasteiger partial charge is 0.266 e. The highest BCUT2D eigenvalue weighted by atomic mass is 35.5. The number of hydrogen-bond acceptors (Lipinski definition) is 4. The molecule has 0 fully saturated rings. The lowest BCUT2D eigenvalue weighted by atomic mass is 10.1. The van der Waals surface area contributed by atoms with Crippen LogP contribution in [0.5, 0.6) is 11.5 Å². The van der Waals surface area contributed by atoms with E-state index in [-0.39, 0.29) is 11.7 Å². The molecule has 0 unspecified atom stereocenters. The Labute approximate surface area is 176 Å². The number of rotatable bonds is 8. The third-order valence-electron chi connectivity index (χ3n) is 4.44. The molecule has 2 aromatic carbocycles. The summed E-state index contributed by atoms with van der Waals surface area (Å²) in [5.74, 6) is 0.392. The van der Waals surface area contributed by atoms with Crippen molar-refractivity contribution in [3.8, 4) is 17.6 Å². The Kier molecular flexibility index (Phi) is 8.11. The van der Waals surface area contributed by atoms with Crippen molar-refractivity contribution in [2.75, 3.05) is 12.4 Å². The summed E-state index contributed by atoms with van der Waals surface area (Å²) < 4.78 is 11.2. The summed E-state index contributed by atoms with van der Waals surface area (Å²) in [7, 11) is 1.51. The van der Waals surface area contributed by atoms with Gasteiger partial charge in [-0.1, -0.05) is 37.6 Å². The van der Waals surface area contributed by atoms with Crippen LogP contribution in [0.2, 0.25) is 5.02 Å². The molecule has 0 heterocycles. The van der Waals surface area contributed by atoms with Crippen LogP contribution >= 0.6 is 11.6 Å². The normalized spacial score (nSPS) is 12.1. The fourth-order valence-corrected chi connectivity index (χ4v) is 2.82. The molecule has 0 bridgehead atoms. The van der Waals surface area contributed by atoms with Gasteiger partial charge in [-0.05, 0) is 61.2 Å². The number of halogens is 1. The summed E-state index contributed by atoms with van der Waals surface area (Å²) in [6.07, 6.45) is 3.18. The van der Waals surface area contributed by atoms with Crippen LogP contribution in [0.1, 0.15) is 38.3 Å². The van der Waals surface area contributed by atoms with E-state index in [2.05, 4.69) is 12.2 Å². The van der Waals surface area contributed by atoms with Gasteiger partial charge in [-0.2, -0.15) is 5.26 Å². The van der Waals surface area contributed by atoms with Crippen LogP contribution in [-0.2, 0) is 11.2 Å². The molecular formula is C23H25ClN2O3. The summed E-state index contributed by atoms with van der Waals surface area (Å²) in [6.45, 7) is 6.01.